The van der Waals surface area contributed by atoms with Crippen molar-refractivity contribution in [3.05, 3.63) is 60.6 Å². The molecule has 19 heavy (non-hydrogen) atoms. The van der Waals surface area contributed by atoms with E-state index in [0.29, 0.717) is 0 Å². The van der Waals surface area contributed by atoms with Crippen LogP contribution in [0.5, 0.6) is 0 Å². The van der Waals surface area contributed by atoms with Crippen LogP contribution in [0, 0.1) is 42.3 Å². The maximum absolute atomic E-state index is 2.99. The van der Waals surface area contributed by atoms with Crippen molar-refractivity contribution < 1.29 is 21.7 Å². The summed E-state index contributed by atoms with van der Waals surface area (Å²) >= 11 is 0. The molecule has 1 fully saturated rings. The monoisotopic (exact) mass is 343 g/mol. The summed E-state index contributed by atoms with van der Waals surface area (Å²) in [5.41, 5.74) is 0. The number of rotatable bonds is 1. The van der Waals surface area contributed by atoms with Gasteiger partial charge in [-0.3, -0.25) is 12.6 Å². The number of allylic oxidation sites excluding steroid dienone is 4. The predicted octanol–water partition coefficient (Wildman–Crippen LogP) is 5.21. The minimum absolute atomic E-state index is 0. The average Bonchev–Trinajstić information content (AvgIpc) is 2.81. The molecule has 0 radical (unpaired) electrons. The number of hydrogen-bond donors (Lipinski definition) is 0. The fourth-order valence-corrected chi connectivity index (χ4v) is 1.34. The Morgan fingerprint density at radius 2 is 1.47 bits per heavy atom. The van der Waals surface area contributed by atoms with Crippen molar-refractivity contribution in [1.82, 2.24) is 4.90 Å². The third-order valence-corrected chi connectivity index (χ3v) is 2.09. The first kappa shape index (κ1) is 42.7. The fourth-order valence-electron chi connectivity index (χ4n) is 1.34. The largest absolute Gasteiger partial charge is 0.457 e. The molecule has 4 heteroatoms. The summed E-state index contributed by atoms with van der Waals surface area (Å²) in [5, 5.41) is 0. The molecule has 0 atom stereocenters. The maximum atomic E-state index is 2.99. The van der Waals surface area contributed by atoms with Crippen LogP contribution in [-0.2, 0) is 21.7 Å². The van der Waals surface area contributed by atoms with Crippen molar-refractivity contribution in [2.45, 2.75) is 26.2 Å². The summed E-state index contributed by atoms with van der Waals surface area (Å²) in [7, 11) is 0. The van der Waals surface area contributed by atoms with Crippen molar-refractivity contribution in [1.29, 1.82) is 0 Å². The van der Waals surface area contributed by atoms with Gasteiger partial charge in [-0.15, -0.1) is 31.2 Å². The molecule has 0 amide bonds. The Balaban J connectivity index is -0.0000000226. The van der Waals surface area contributed by atoms with Crippen LogP contribution in [0.25, 0.3) is 0 Å². The van der Waals surface area contributed by atoms with Crippen LogP contribution >= 0.6 is 24.8 Å². The van der Waals surface area contributed by atoms with Crippen molar-refractivity contribution >= 4 is 24.8 Å². The van der Waals surface area contributed by atoms with E-state index in [4.69, 9.17) is 0 Å². The molecule has 2 aliphatic rings. The molecule has 0 aromatic heterocycles. The van der Waals surface area contributed by atoms with Gasteiger partial charge in [0, 0.05) is 21.7 Å². The van der Waals surface area contributed by atoms with Gasteiger partial charge in [-0.1, -0.05) is 0 Å². The number of hydrogen-bond acceptors (Lipinski definition) is 1. The molecule has 0 aromatic carbocycles. The number of likely N-dealkylation sites (tertiary alicyclic amines) is 1. The van der Waals surface area contributed by atoms with E-state index < -0.39 is 0 Å². The zero-order valence-electron chi connectivity index (χ0n) is 13.1. The zero-order chi connectivity index (χ0) is 8.65. The first-order valence-electron chi connectivity index (χ1n) is 4.69. The molecule has 0 bridgehead atoms. The van der Waals surface area contributed by atoms with Crippen molar-refractivity contribution in [2.24, 2.45) is 0 Å². The molecule has 120 valence electrons. The minimum Gasteiger partial charge on any atom is -0.457 e. The second-order valence-corrected chi connectivity index (χ2v) is 3.00. The van der Waals surface area contributed by atoms with Crippen LogP contribution < -0.4 is 0 Å². The van der Waals surface area contributed by atoms with Gasteiger partial charge in [0.15, 0.2) is 0 Å². The van der Waals surface area contributed by atoms with E-state index in [1.807, 2.05) is 12.2 Å². The van der Waals surface area contributed by atoms with Crippen molar-refractivity contribution in [3.8, 4) is 0 Å². The van der Waals surface area contributed by atoms with Crippen LogP contribution in [0.3, 0.4) is 0 Å². The van der Waals surface area contributed by atoms with E-state index >= 15 is 0 Å². The van der Waals surface area contributed by atoms with Gasteiger partial charge in [-0.2, -0.15) is 13.0 Å². The predicted molar refractivity (Wildman–Crippen MR) is 92.5 cm³/mol. The Bertz CT molecular complexity index is 158. The fraction of sp³-hybridized carbons (Fsp3) is 0.400. The summed E-state index contributed by atoms with van der Waals surface area (Å²) in [5.74, 6) is 0. The molecule has 1 aliphatic heterocycles. The molecular formula is C15H31Cl2NTi-6. The van der Waals surface area contributed by atoms with E-state index in [1.54, 1.807) is 0 Å². The molecular weight excluding hydrogens is 313 g/mol. The van der Waals surface area contributed by atoms with E-state index in [9.17, 15) is 0 Å². The Labute approximate surface area is 151 Å². The Morgan fingerprint density at radius 3 is 1.63 bits per heavy atom. The van der Waals surface area contributed by atoms with Gasteiger partial charge in [0.1, 0.15) is 0 Å². The third-order valence-electron chi connectivity index (χ3n) is 2.09. The summed E-state index contributed by atoms with van der Waals surface area (Å²) in [4.78, 5) is 2.36. The first-order chi connectivity index (χ1) is 5.93. The summed E-state index contributed by atoms with van der Waals surface area (Å²) in [6, 6.07) is 0. The van der Waals surface area contributed by atoms with Crippen LogP contribution in [-0.4, -0.2) is 18.0 Å². The summed E-state index contributed by atoms with van der Waals surface area (Å²) in [6.45, 7) is 6.85. The minimum atomic E-state index is 0. The SMILES string of the molecule is C[CH-]N1CCCC1.Cl.Cl.[C-]1=CC=CC1.[CH3-].[CH3-].[CH3-].[CH3-].[Ti]. The smallest absolute Gasteiger partial charge is 0 e. The van der Waals surface area contributed by atoms with Crippen molar-refractivity contribution in [3.63, 3.8) is 0 Å². The van der Waals surface area contributed by atoms with E-state index in [-0.39, 0.29) is 76.2 Å². The molecule has 1 heterocycles. The van der Waals surface area contributed by atoms with Crippen LogP contribution in [0.2, 0.25) is 0 Å². The van der Waals surface area contributed by atoms with Gasteiger partial charge in [0.25, 0.3) is 0 Å². The molecule has 1 nitrogen and oxygen atoms in total. The third kappa shape index (κ3) is 24.2. The summed E-state index contributed by atoms with van der Waals surface area (Å²) in [6.07, 6.45) is 12.8. The van der Waals surface area contributed by atoms with Gasteiger partial charge in [-0.05, 0) is 25.9 Å². The van der Waals surface area contributed by atoms with Gasteiger partial charge in [0.2, 0.25) is 0 Å². The first-order valence-corrected chi connectivity index (χ1v) is 4.69. The molecule has 0 N–H and O–H groups in total. The normalized spacial score (nSPS) is 13.3. The Kier molecular flexibility index (Phi) is 70.2. The molecule has 0 unspecified atom stereocenters. The number of halogens is 2. The molecule has 0 aromatic rings. The van der Waals surface area contributed by atoms with E-state index in [1.165, 1.54) is 25.9 Å². The van der Waals surface area contributed by atoms with Crippen LogP contribution in [0.4, 0.5) is 0 Å². The second-order valence-electron chi connectivity index (χ2n) is 3.00. The van der Waals surface area contributed by atoms with Gasteiger partial charge < -0.3 is 34.6 Å². The van der Waals surface area contributed by atoms with Gasteiger partial charge in [-0.25, -0.2) is 12.2 Å². The molecule has 1 saturated heterocycles. The maximum Gasteiger partial charge on any atom is 0 e. The zero-order valence-corrected chi connectivity index (χ0v) is 16.3. The average molecular weight is 344 g/mol. The standard InChI is InChI=1S/C6H12N.C5H5.4CH3.2ClH.Ti/c1-2-7-5-3-4-6-7;1-2-4-5-3-1;;;;;;;/h2H,3-6H2,1H3;1-3H,4H2;4*1H3;2*1H;/q6*-1;;;. The molecule has 0 spiro atoms. The number of nitrogens with zero attached hydrogens (tertiary/aromatic N) is 1. The Morgan fingerprint density at radius 1 is 1.00 bits per heavy atom. The van der Waals surface area contributed by atoms with E-state index in [2.05, 4.69) is 30.5 Å². The topological polar surface area (TPSA) is 3.24 Å². The summed E-state index contributed by atoms with van der Waals surface area (Å²) < 4.78 is 0. The van der Waals surface area contributed by atoms with Crippen LogP contribution in [0.15, 0.2) is 18.2 Å². The molecule has 1 aliphatic carbocycles. The molecule has 0 saturated carbocycles. The van der Waals surface area contributed by atoms with Crippen LogP contribution in [0.1, 0.15) is 26.2 Å². The Hall–Kier alpha value is 0.734. The quantitative estimate of drug-likeness (QED) is 0.466. The van der Waals surface area contributed by atoms with Crippen molar-refractivity contribution in [2.75, 3.05) is 13.1 Å². The van der Waals surface area contributed by atoms with Gasteiger partial charge >= 0.3 is 0 Å². The van der Waals surface area contributed by atoms with Gasteiger partial charge in [0.05, 0.1) is 0 Å². The molecule has 2 rings (SSSR count). The second kappa shape index (κ2) is 31.2. The van der Waals surface area contributed by atoms with E-state index in [0.717, 1.165) is 6.42 Å².